The summed E-state index contributed by atoms with van der Waals surface area (Å²) in [5.74, 6) is -3.17. The minimum absolute atomic E-state index is 0.419. The molecule has 0 fully saturated rings. The number of carboxylic acids is 2. The first-order valence-electron chi connectivity index (χ1n) is 6.62. The molecule has 120 valence electrons. The van der Waals surface area contributed by atoms with Gasteiger partial charge in [0.2, 0.25) is 0 Å². The van der Waals surface area contributed by atoms with Crippen LogP contribution in [0, 0.1) is 5.82 Å². The Morgan fingerprint density at radius 1 is 1.22 bits per heavy atom. The summed E-state index contributed by atoms with van der Waals surface area (Å²) in [6.07, 6.45) is 3.02. The molecule has 2 aromatic rings. The summed E-state index contributed by atoms with van der Waals surface area (Å²) in [4.78, 5) is 26.8. The van der Waals surface area contributed by atoms with Crippen LogP contribution in [0.3, 0.4) is 0 Å². The first-order chi connectivity index (χ1) is 10.7. The van der Waals surface area contributed by atoms with Crippen molar-refractivity contribution in [2.75, 3.05) is 0 Å². The van der Waals surface area contributed by atoms with E-state index in [1.54, 1.807) is 19.9 Å². The van der Waals surface area contributed by atoms with Gasteiger partial charge in [0.1, 0.15) is 10.6 Å². The van der Waals surface area contributed by atoms with Crippen LogP contribution in [0.15, 0.2) is 41.6 Å². The van der Waals surface area contributed by atoms with Gasteiger partial charge in [-0.2, -0.15) is 0 Å². The standard InChI is InChI=1S/C16H14FNO4S/c1-16(2,15(21)22)23-13-5-6-18-8-11(13)9-3-4-10(14(19)20)12(17)7-9/h3-8H,1-2H3,(H,19,20)(H,21,22). The fourth-order valence-corrected chi connectivity index (χ4v) is 2.91. The van der Waals surface area contributed by atoms with Crippen LogP contribution in [0.1, 0.15) is 24.2 Å². The highest BCUT2D eigenvalue weighted by atomic mass is 32.2. The zero-order chi connectivity index (χ0) is 17.2. The number of aromatic nitrogens is 1. The van der Waals surface area contributed by atoms with E-state index in [-0.39, 0.29) is 0 Å². The third-order valence-electron chi connectivity index (χ3n) is 3.17. The third kappa shape index (κ3) is 3.68. The predicted octanol–water partition coefficient (Wildman–Crippen LogP) is 3.54. The highest BCUT2D eigenvalue weighted by molar-refractivity contribution is 8.01. The number of rotatable bonds is 5. The fraction of sp³-hybridized carbons (Fsp3) is 0.188. The van der Waals surface area contributed by atoms with Crippen molar-refractivity contribution in [1.29, 1.82) is 0 Å². The molecule has 7 heteroatoms. The van der Waals surface area contributed by atoms with Crippen LogP contribution in [0.25, 0.3) is 11.1 Å². The summed E-state index contributed by atoms with van der Waals surface area (Å²) in [5.41, 5.74) is 0.560. The lowest BCUT2D eigenvalue weighted by molar-refractivity contribution is -0.138. The van der Waals surface area contributed by atoms with Crippen LogP contribution in [0.2, 0.25) is 0 Å². The number of nitrogens with zero attached hydrogens (tertiary/aromatic N) is 1. The maximum Gasteiger partial charge on any atom is 0.338 e. The van der Waals surface area contributed by atoms with E-state index in [9.17, 15) is 19.1 Å². The largest absolute Gasteiger partial charge is 0.480 e. The molecular formula is C16H14FNO4S. The van der Waals surface area contributed by atoms with Crippen molar-refractivity contribution < 1.29 is 24.2 Å². The molecule has 1 aromatic heterocycles. The van der Waals surface area contributed by atoms with Gasteiger partial charge in [0.25, 0.3) is 0 Å². The average Bonchev–Trinajstić information content (AvgIpc) is 2.46. The van der Waals surface area contributed by atoms with E-state index in [0.717, 1.165) is 17.8 Å². The van der Waals surface area contributed by atoms with Gasteiger partial charge in [0.05, 0.1) is 5.56 Å². The molecule has 2 rings (SSSR count). The number of aliphatic carboxylic acids is 1. The van der Waals surface area contributed by atoms with Gasteiger partial charge in [0.15, 0.2) is 0 Å². The van der Waals surface area contributed by atoms with Crippen molar-refractivity contribution >= 4 is 23.7 Å². The van der Waals surface area contributed by atoms with Gasteiger partial charge in [-0.25, -0.2) is 9.18 Å². The van der Waals surface area contributed by atoms with Gasteiger partial charge in [0, 0.05) is 22.9 Å². The van der Waals surface area contributed by atoms with Crippen molar-refractivity contribution in [1.82, 2.24) is 4.98 Å². The molecule has 5 nitrogen and oxygen atoms in total. The maximum atomic E-state index is 13.9. The molecule has 0 aliphatic rings. The van der Waals surface area contributed by atoms with Crippen LogP contribution in [0.5, 0.6) is 0 Å². The normalized spacial score (nSPS) is 11.3. The van der Waals surface area contributed by atoms with E-state index in [1.165, 1.54) is 24.5 Å². The Labute approximate surface area is 136 Å². The number of thioether (sulfide) groups is 1. The molecule has 0 saturated carbocycles. The molecule has 0 atom stereocenters. The number of benzene rings is 1. The van der Waals surface area contributed by atoms with Gasteiger partial charge in [-0.3, -0.25) is 9.78 Å². The summed E-state index contributed by atoms with van der Waals surface area (Å²) in [6, 6.07) is 5.41. The number of carboxylic acid groups (broad SMARTS) is 2. The first-order valence-corrected chi connectivity index (χ1v) is 7.43. The Balaban J connectivity index is 2.47. The minimum Gasteiger partial charge on any atom is -0.480 e. The van der Waals surface area contributed by atoms with Crippen LogP contribution in [0.4, 0.5) is 4.39 Å². The fourth-order valence-electron chi connectivity index (χ4n) is 1.86. The molecule has 2 N–H and O–H groups in total. The number of halogens is 1. The van der Waals surface area contributed by atoms with Crippen molar-refractivity contribution in [3.8, 4) is 11.1 Å². The van der Waals surface area contributed by atoms with E-state index in [1.807, 2.05) is 0 Å². The van der Waals surface area contributed by atoms with E-state index in [4.69, 9.17) is 5.11 Å². The molecule has 0 amide bonds. The zero-order valence-electron chi connectivity index (χ0n) is 12.4. The third-order valence-corrected chi connectivity index (χ3v) is 4.43. The monoisotopic (exact) mass is 335 g/mol. The Kier molecular flexibility index (Phi) is 4.70. The van der Waals surface area contributed by atoms with Crippen molar-refractivity contribution in [2.45, 2.75) is 23.5 Å². The van der Waals surface area contributed by atoms with E-state index in [2.05, 4.69) is 4.98 Å². The lowest BCUT2D eigenvalue weighted by atomic mass is 10.1. The quantitative estimate of drug-likeness (QED) is 0.813. The lowest BCUT2D eigenvalue weighted by Gasteiger charge is -2.20. The summed E-state index contributed by atoms with van der Waals surface area (Å²) >= 11 is 1.11. The van der Waals surface area contributed by atoms with E-state index in [0.29, 0.717) is 16.0 Å². The van der Waals surface area contributed by atoms with Crippen LogP contribution < -0.4 is 0 Å². The highest BCUT2D eigenvalue weighted by Crippen LogP contribution is 2.38. The van der Waals surface area contributed by atoms with Crippen LogP contribution in [-0.2, 0) is 4.79 Å². The number of hydrogen-bond donors (Lipinski definition) is 2. The van der Waals surface area contributed by atoms with Crippen LogP contribution in [-0.4, -0.2) is 31.9 Å². The molecular weight excluding hydrogens is 321 g/mol. The topological polar surface area (TPSA) is 87.5 Å². The molecule has 0 spiro atoms. The highest BCUT2D eigenvalue weighted by Gasteiger charge is 2.29. The molecule has 0 bridgehead atoms. The predicted molar refractivity (Wildman–Crippen MR) is 84.2 cm³/mol. The van der Waals surface area contributed by atoms with Gasteiger partial charge in [-0.1, -0.05) is 6.07 Å². The van der Waals surface area contributed by atoms with Gasteiger partial charge in [-0.05, 0) is 37.6 Å². The molecule has 0 saturated heterocycles. The Morgan fingerprint density at radius 2 is 1.91 bits per heavy atom. The second-order valence-electron chi connectivity index (χ2n) is 5.29. The molecule has 1 aromatic carbocycles. The average molecular weight is 335 g/mol. The molecule has 23 heavy (non-hydrogen) atoms. The molecule has 0 aliphatic carbocycles. The summed E-state index contributed by atoms with van der Waals surface area (Å²) < 4.78 is 12.8. The molecule has 0 aliphatic heterocycles. The smallest absolute Gasteiger partial charge is 0.338 e. The lowest BCUT2D eigenvalue weighted by Crippen LogP contribution is -2.27. The summed E-state index contributed by atoms with van der Waals surface area (Å²) in [7, 11) is 0. The molecule has 1 heterocycles. The molecule has 0 radical (unpaired) electrons. The minimum atomic E-state index is -1.35. The van der Waals surface area contributed by atoms with Gasteiger partial charge in [-0.15, -0.1) is 11.8 Å². The Hall–Kier alpha value is -2.41. The number of hydrogen-bond acceptors (Lipinski definition) is 4. The van der Waals surface area contributed by atoms with Crippen LogP contribution >= 0.6 is 11.8 Å². The second kappa shape index (κ2) is 6.37. The number of carbonyl (C=O) groups is 2. The maximum absolute atomic E-state index is 13.9. The second-order valence-corrected chi connectivity index (χ2v) is 6.95. The van der Waals surface area contributed by atoms with E-state index < -0.39 is 28.1 Å². The Bertz CT molecular complexity index is 776. The first kappa shape index (κ1) is 17.0. The van der Waals surface area contributed by atoms with Crippen molar-refractivity contribution in [3.63, 3.8) is 0 Å². The summed E-state index contributed by atoms with van der Waals surface area (Å²) in [5, 5.41) is 18.1. The zero-order valence-corrected chi connectivity index (χ0v) is 13.2. The summed E-state index contributed by atoms with van der Waals surface area (Å²) in [6.45, 7) is 3.14. The van der Waals surface area contributed by atoms with Crippen molar-refractivity contribution in [2.24, 2.45) is 0 Å². The molecule has 0 unspecified atom stereocenters. The van der Waals surface area contributed by atoms with Crippen molar-refractivity contribution in [3.05, 3.63) is 48.0 Å². The van der Waals surface area contributed by atoms with Gasteiger partial charge < -0.3 is 10.2 Å². The number of aromatic carboxylic acids is 1. The number of pyridine rings is 1. The SMILES string of the molecule is CC(C)(Sc1ccncc1-c1ccc(C(=O)O)c(F)c1)C(=O)O. The Morgan fingerprint density at radius 3 is 2.48 bits per heavy atom. The van der Waals surface area contributed by atoms with E-state index >= 15 is 0 Å². The van der Waals surface area contributed by atoms with Gasteiger partial charge >= 0.3 is 11.9 Å².